The van der Waals surface area contributed by atoms with E-state index in [1.807, 2.05) is 12.3 Å². The minimum Gasteiger partial charge on any atom is -0.303 e. The van der Waals surface area contributed by atoms with E-state index >= 15 is 0 Å². The van der Waals surface area contributed by atoms with Crippen LogP contribution < -0.4 is 5.32 Å². The quantitative estimate of drug-likeness (QED) is 0.696. The fourth-order valence-electron chi connectivity index (χ4n) is 3.71. The Hall–Kier alpha value is -2.53. The lowest BCUT2D eigenvalue weighted by atomic mass is 9.65. The summed E-state index contributed by atoms with van der Waals surface area (Å²) in [6.45, 7) is 0.960. The van der Waals surface area contributed by atoms with Gasteiger partial charge in [0.05, 0.1) is 6.04 Å². The number of nitrogens with one attached hydrogen (secondary N) is 2. The number of benzene rings is 1. The third-order valence-electron chi connectivity index (χ3n) is 5.24. The maximum absolute atomic E-state index is 4.36. The maximum Gasteiger partial charge on any atom is 0.146 e. The van der Waals surface area contributed by atoms with Gasteiger partial charge in [-0.3, -0.25) is 10.1 Å². The Labute approximate surface area is 147 Å². The molecule has 0 saturated heterocycles. The standard InChI is InChI=1S/C20H23N5/c1-2-6-16(7-3-1)12-20(9-5-10-20)14-22-18(19-23-15-24-25-19)17-8-4-11-21-13-17/h1-4,6-8,11,13,15,18,22H,5,9-10,12,14H2,(H,23,24,25)/t18-/m1/s1. The second-order valence-corrected chi connectivity index (χ2v) is 6.99. The molecule has 128 valence electrons. The Morgan fingerprint density at radius 3 is 2.64 bits per heavy atom. The molecule has 5 heteroatoms. The molecule has 4 rings (SSSR count). The second-order valence-electron chi connectivity index (χ2n) is 6.99. The SMILES string of the molecule is c1ccc(CC2(CN[C@H](c3cccnc3)c3ncn[nH]3)CCC2)cc1. The highest BCUT2D eigenvalue weighted by Crippen LogP contribution is 2.43. The molecule has 0 spiro atoms. The molecule has 2 aromatic heterocycles. The molecular weight excluding hydrogens is 310 g/mol. The van der Waals surface area contributed by atoms with Gasteiger partial charge in [-0.15, -0.1) is 0 Å². The van der Waals surface area contributed by atoms with E-state index in [1.54, 1.807) is 12.5 Å². The van der Waals surface area contributed by atoms with Crippen LogP contribution in [0.2, 0.25) is 0 Å². The first kappa shape index (κ1) is 16.0. The molecule has 0 amide bonds. The van der Waals surface area contributed by atoms with Gasteiger partial charge >= 0.3 is 0 Å². The molecule has 1 saturated carbocycles. The van der Waals surface area contributed by atoms with Gasteiger partial charge in [-0.2, -0.15) is 5.10 Å². The number of hydrogen-bond acceptors (Lipinski definition) is 4. The van der Waals surface area contributed by atoms with Gasteiger partial charge in [0.25, 0.3) is 0 Å². The molecule has 1 fully saturated rings. The van der Waals surface area contributed by atoms with Crippen LogP contribution in [0, 0.1) is 5.41 Å². The van der Waals surface area contributed by atoms with E-state index < -0.39 is 0 Å². The van der Waals surface area contributed by atoms with E-state index in [-0.39, 0.29) is 6.04 Å². The summed E-state index contributed by atoms with van der Waals surface area (Å²) in [6, 6.07) is 14.8. The number of pyridine rings is 1. The van der Waals surface area contributed by atoms with Crippen LogP contribution in [-0.2, 0) is 6.42 Å². The van der Waals surface area contributed by atoms with E-state index in [2.05, 4.69) is 61.9 Å². The summed E-state index contributed by atoms with van der Waals surface area (Å²) < 4.78 is 0. The molecule has 2 N–H and O–H groups in total. The lowest BCUT2D eigenvalue weighted by Crippen LogP contribution is -2.43. The summed E-state index contributed by atoms with van der Waals surface area (Å²) in [5.41, 5.74) is 2.86. The van der Waals surface area contributed by atoms with Crippen molar-refractivity contribution in [3.63, 3.8) is 0 Å². The van der Waals surface area contributed by atoms with Crippen molar-refractivity contribution in [2.75, 3.05) is 6.54 Å². The van der Waals surface area contributed by atoms with Crippen molar-refractivity contribution in [2.24, 2.45) is 5.41 Å². The minimum absolute atomic E-state index is 0.00977. The maximum atomic E-state index is 4.36. The molecule has 25 heavy (non-hydrogen) atoms. The highest BCUT2D eigenvalue weighted by Gasteiger charge is 2.37. The minimum atomic E-state index is -0.00977. The first-order chi connectivity index (χ1) is 12.3. The van der Waals surface area contributed by atoms with E-state index in [1.165, 1.54) is 24.8 Å². The smallest absolute Gasteiger partial charge is 0.146 e. The zero-order valence-electron chi connectivity index (χ0n) is 14.2. The lowest BCUT2D eigenvalue weighted by Gasteiger charge is -2.43. The number of aromatic amines is 1. The fourth-order valence-corrected chi connectivity index (χ4v) is 3.71. The van der Waals surface area contributed by atoms with Gasteiger partial charge in [0.1, 0.15) is 12.2 Å². The van der Waals surface area contributed by atoms with Crippen LogP contribution in [0.4, 0.5) is 0 Å². The highest BCUT2D eigenvalue weighted by atomic mass is 15.2. The molecule has 0 bridgehead atoms. The zero-order chi connectivity index (χ0) is 17.0. The lowest BCUT2D eigenvalue weighted by molar-refractivity contribution is 0.126. The largest absolute Gasteiger partial charge is 0.303 e. The van der Waals surface area contributed by atoms with E-state index in [4.69, 9.17) is 0 Å². The summed E-state index contributed by atoms with van der Waals surface area (Å²) in [7, 11) is 0. The number of nitrogens with zero attached hydrogens (tertiary/aromatic N) is 3. The normalized spacial score (nSPS) is 17.0. The van der Waals surface area contributed by atoms with Crippen LogP contribution in [0.3, 0.4) is 0 Å². The number of aromatic nitrogens is 4. The summed E-state index contributed by atoms with van der Waals surface area (Å²) in [5, 5.41) is 10.8. The molecule has 5 nitrogen and oxygen atoms in total. The van der Waals surface area contributed by atoms with Gasteiger partial charge in [-0.1, -0.05) is 42.8 Å². The average Bonchev–Trinajstić information content (AvgIpc) is 3.16. The van der Waals surface area contributed by atoms with Crippen molar-refractivity contribution in [3.8, 4) is 0 Å². The third kappa shape index (κ3) is 3.61. The molecule has 1 aromatic carbocycles. The Balaban J connectivity index is 1.50. The Morgan fingerprint density at radius 2 is 2.00 bits per heavy atom. The van der Waals surface area contributed by atoms with Crippen LogP contribution in [-0.4, -0.2) is 26.7 Å². The predicted octanol–water partition coefficient (Wildman–Crippen LogP) is 3.29. The van der Waals surface area contributed by atoms with E-state index in [0.29, 0.717) is 5.41 Å². The number of hydrogen-bond donors (Lipinski definition) is 2. The monoisotopic (exact) mass is 333 g/mol. The van der Waals surface area contributed by atoms with Gasteiger partial charge in [-0.25, -0.2) is 4.98 Å². The van der Waals surface area contributed by atoms with Crippen molar-refractivity contribution in [3.05, 3.63) is 78.1 Å². The van der Waals surface area contributed by atoms with Crippen LogP contribution in [0.5, 0.6) is 0 Å². The zero-order valence-corrected chi connectivity index (χ0v) is 14.2. The molecule has 1 aliphatic carbocycles. The second kappa shape index (κ2) is 7.15. The molecule has 3 aromatic rings. The summed E-state index contributed by atoms with van der Waals surface area (Å²) in [6.07, 6.45) is 10.2. The predicted molar refractivity (Wildman–Crippen MR) is 96.9 cm³/mol. The van der Waals surface area contributed by atoms with Gasteiger partial charge in [0, 0.05) is 18.9 Å². The average molecular weight is 333 g/mol. The van der Waals surface area contributed by atoms with Crippen molar-refractivity contribution >= 4 is 0 Å². The number of H-pyrrole nitrogens is 1. The Bertz CT molecular complexity index is 766. The van der Waals surface area contributed by atoms with Crippen LogP contribution >= 0.6 is 0 Å². The number of rotatable bonds is 7. The molecule has 0 unspecified atom stereocenters. The van der Waals surface area contributed by atoms with Crippen LogP contribution in [0.15, 0.2) is 61.2 Å². The molecule has 0 radical (unpaired) electrons. The highest BCUT2D eigenvalue weighted by molar-refractivity contribution is 5.22. The summed E-state index contributed by atoms with van der Waals surface area (Å²) in [4.78, 5) is 8.62. The van der Waals surface area contributed by atoms with Crippen molar-refractivity contribution in [2.45, 2.75) is 31.7 Å². The summed E-state index contributed by atoms with van der Waals surface area (Å²) >= 11 is 0. The first-order valence-electron chi connectivity index (χ1n) is 8.87. The van der Waals surface area contributed by atoms with Gasteiger partial charge in [0.15, 0.2) is 0 Å². The van der Waals surface area contributed by atoms with Crippen molar-refractivity contribution < 1.29 is 0 Å². The van der Waals surface area contributed by atoms with Gasteiger partial charge in [0.2, 0.25) is 0 Å². The van der Waals surface area contributed by atoms with Gasteiger partial charge in [-0.05, 0) is 41.9 Å². The van der Waals surface area contributed by atoms with Gasteiger partial charge < -0.3 is 5.32 Å². The van der Waals surface area contributed by atoms with Crippen molar-refractivity contribution in [1.29, 1.82) is 0 Å². The van der Waals surface area contributed by atoms with Crippen LogP contribution in [0.1, 0.15) is 42.3 Å². The van der Waals surface area contributed by atoms with E-state index in [9.17, 15) is 0 Å². The molecule has 1 atom stereocenters. The molecule has 0 aliphatic heterocycles. The third-order valence-corrected chi connectivity index (χ3v) is 5.24. The Kier molecular flexibility index (Phi) is 4.57. The first-order valence-corrected chi connectivity index (χ1v) is 8.87. The van der Waals surface area contributed by atoms with E-state index in [0.717, 1.165) is 24.4 Å². The summed E-state index contributed by atoms with van der Waals surface area (Å²) in [5.74, 6) is 0.835. The fraction of sp³-hybridized carbons (Fsp3) is 0.350. The molecule has 1 aliphatic rings. The van der Waals surface area contributed by atoms with Crippen LogP contribution in [0.25, 0.3) is 0 Å². The topological polar surface area (TPSA) is 66.5 Å². The Morgan fingerprint density at radius 1 is 1.12 bits per heavy atom. The molecular formula is C20H23N5. The molecule has 2 heterocycles. The van der Waals surface area contributed by atoms with Crippen molar-refractivity contribution in [1.82, 2.24) is 25.5 Å².